The number of aromatic nitrogens is 3. The van der Waals surface area contributed by atoms with Crippen molar-refractivity contribution in [1.29, 1.82) is 0 Å². The van der Waals surface area contributed by atoms with E-state index in [-0.39, 0.29) is 5.91 Å². The Morgan fingerprint density at radius 1 is 1.03 bits per heavy atom. The molecule has 7 heteroatoms. The molecule has 2 N–H and O–H groups in total. The van der Waals surface area contributed by atoms with Crippen LogP contribution < -0.4 is 10.6 Å². The summed E-state index contributed by atoms with van der Waals surface area (Å²) in [6, 6.07) is 17.1. The lowest BCUT2D eigenvalue weighted by Crippen LogP contribution is -2.28. The molecule has 0 aliphatic rings. The van der Waals surface area contributed by atoms with Gasteiger partial charge in [-0.05, 0) is 39.2 Å². The van der Waals surface area contributed by atoms with Gasteiger partial charge in [0.1, 0.15) is 11.5 Å². The number of nitrogens with one attached hydrogen (secondary N) is 2. The third kappa shape index (κ3) is 6.36. The summed E-state index contributed by atoms with van der Waals surface area (Å²) in [5, 5.41) is 6.19. The highest BCUT2D eigenvalue weighted by atomic mass is 16.1. The summed E-state index contributed by atoms with van der Waals surface area (Å²) < 4.78 is 0. The van der Waals surface area contributed by atoms with Crippen LogP contribution in [0.4, 0.5) is 5.82 Å². The topological polar surface area (TPSA) is 83.0 Å². The van der Waals surface area contributed by atoms with Gasteiger partial charge in [-0.25, -0.2) is 9.97 Å². The van der Waals surface area contributed by atoms with Crippen LogP contribution in [0.25, 0.3) is 11.4 Å². The van der Waals surface area contributed by atoms with E-state index in [1.165, 1.54) is 0 Å². The number of pyridine rings is 1. The molecule has 150 valence electrons. The van der Waals surface area contributed by atoms with E-state index >= 15 is 0 Å². The van der Waals surface area contributed by atoms with Crippen molar-refractivity contribution < 1.29 is 4.79 Å². The van der Waals surface area contributed by atoms with E-state index in [1.54, 1.807) is 12.3 Å². The summed E-state index contributed by atoms with van der Waals surface area (Å²) in [6.45, 7) is 2.02. The summed E-state index contributed by atoms with van der Waals surface area (Å²) in [4.78, 5) is 28.1. The first-order valence-corrected chi connectivity index (χ1v) is 9.63. The molecular weight excluding hydrogens is 364 g/mol. The summed E-state index contributed by atoms with van der Waals surface area (Å²) in [5.74, 6) is 0.891. The maximum absolute atomic E-state index is 12.6. The largest absolute Gasteiger partial charge is 0.364 e. The van der Waals surface area contributed by atoms with E-state index in [0.29, 0.717) is 30.4 Å². The maximum Gasteiger partial charge on any atom is 0.270 e. The average molecular weight is 390 g/mol. The Labute approximate surface area is 171 Å². The molecule has 1 aromatic carbocycles. The Morgan fingerprint density at radius 2 is 1.83 bits per heavy atom. The van der Waals surface area contributed by atoms with Crippen LogP contribution in [0.5, 0.6) is 0 Å². The van der Waals surface area contributed by atoms with Gasteiger partial charge in [0.2, 0.25) is 0 Å². The van der Waals surface area contributed by atoms with Gasteiger partial charge in [0.15, 0.2) is 5.82 Å². The van der Waals surface area contributed by atoms with Crippen molar-refractivity contribution in [2.24, 2.45) is 0 Å². The molecule has 3 rings (SSSR count). The van der Waals surface area contributed by atoms with Crippen molar-refractivity contribution in [2.45, 2.75) is 13.0 Å². The highest BCUT2D eigenvalue weighted by Crippen LogP contribution is 2.18. The molecule has 2 aromatic heterocycles. The lowest BCUT2D eigenvalue weighted by Gasteiger charge is -2.12. The number of anilines is 1. The first-order valence-electron chi connectivity index (χ1n) is 9.63. The highest BCUT2D eigenvalue weighted by Gasteiger charge is 2.13. The van der Waals surface area contributed by atoms with Gasteiger partial charge in [0.25, 0.3) is 5.91 Å². The molecule has 2 heterocycles. The third-order valence-electron chi connectivity index (χ3n) is 4.24. The van der Waals surface area contributed by atoms with Crippen LogP contribution in [0.2, 0.25) is 0 Å². The molecular formula is C22H26N6O. The van der Waals surface area contributed by atoms with Crippen molar-refractivity contribution in [1.82, 2.24) is 25.2 Å². The summed E-state index contributed by atoms with van der Waals surface area (Å²) in [5.41, 5.74) is 2.09. The second kappa shape index (κ2) is 10.3. The van der Waals surface area contributed by atoms with Gasteiger partial charge < -0.3 is 15.5 Å². The van der Waals surface area contributed by atoms with Gasteiger partial charge in [-0.3, -0.25) is 9.78 Å². The van der Waals surface area contributed by atoms with Crippen molar-refractivity contribution in [3.05, 3.63) is 72.2 Å². The van der Waals surface area contributed by atoms with Crippen LogP contribution in [0.15, 0.2) is 60.8 Å². The fraction of sp³-hybridized carbons (Fsp3) is 0.273. The Bertz CT molecular complexity index is 915. The molecule has 29 heavy (non-hydrogen) atoms. The number of hydrogen-bond acceptors (Lipinski definition) is 6. The minimum atomic E-state index is -0.204. The fourth-order valence-corrected chi connectivity index (χ4v) is 2.74. The number of hydrogen-bond donors (Lipinski definition) is 2. The zero-order valence-corrected chi connectivity index (χ0v) is 16.8. The van der Waals surface area contributed by atoms with Crippen LogP contribution in [0.3, 0.4) is 0 Å². The summed E-state index contributed by atoms with van der Waals surface area (Å²) >= 11 is 0. The number of nitrogens with zero attached hydrogens (tertiary/aromatic N) is 4. The van der Waals surface area contributed by atoms with Crippen LogP contribution in [0, 0.1) is 0 Å². The zero-order chi connectivity index (χ0) is 20.5. The van der Waals surface area contributed by atoms with Gasteiger partial charge in [-0.2, -0.15) is 0 Å². The molecule has 3 aromatic rings. The van der Waals surface area contributed by atoms with Crippen molar-refractivity contribution in [3.63, 3.8) is 0 Å². The Morgan fingerprint density at radius 3 is 2.55 bits per heavy atom. The van der Waals surface area contributed by atoms with E-state index in [1.807, 2.05) is 62.6 Å². The van der Waals surface area contributed by atoms with Crippen LogP contribution >= 0.6 is 0 Å². The van der Waals surface area contributed by atoms with Crippen LogP contribution in [-0.4, -0.2) is 52.9 Å². The molecule has 0 radical (unpaired) electrons. The number of carbonyl (C=O) groups excluding carboxylic acids is 1. The summed E-state index contributed by atoms with van der Waals surface area (Å²) in [6.07, 6.45) is 2.62. The van der Waals surface area contributed by atoms with Gasteiger partial charge in [-0.15, -0.1) is 0 Å². The SMILES string of the molecule is CN(C)CCCNC(=O)c1cc(NCc2ccccn2)nc(-c2ccccc2)n1. The van der Waals surface area contributed by atoms with E-state index < -0.39 is 0 Å². The van der Waals surface area contributed by atoms with E-state index in [0.717, 1.165) is 24.2 Å². The quantitative estimate of drug-likeness (QED) is 0.547. The molecule has 1 amide bonds. The number of carbonyl (C=O) groups is 1. The molecule has 0 aliphatic carbocycles. The molecule has 0 spiro atoms. The van der Waals surface area contributed by atoms with Crippen LogP contribution in [-0.2, 0) is 6.54 Å². The van der Waals surface area contributed by atoms with Crippen LogP contribution in [0.1, 0.15) is 22.6 Å². The zero-order valence-electron chi connectivity index (χ0n) is 16.8. The lowest BCUT2D eigenvalue weighted by atomic mass is 10.2. The Hall–Kier alpha value is -3.32. The molecule has 0 aliphatic heterocycles. The lowest BCUT2D eigenvalue weighted by molar-refractivity contribution is 0.0947. The van der Waals surface area contributed by atoms with E-state index in [9.17, 15) is 4.79 Å². The average Bonchev–Trinajstić information content (AvgIpc) is 2.76. The minimum absolute atomic E-state index is 0.204. The molecule has 0 saturated heterocycles. The number of rotatable bonds is 9. The Kier molecular flexibility index (Phi) is 7.24. The number of benzene rings is 1. The second-order valence-electron chi connectivity index (χ2n) is 6.92. The Balaban J connectivity index is 1.78. The molecule has 0 fully saturated rings. The van der Waals surface area contributed by atoms with Gasteiger partial charge >= 0.3 is 0 Å². The van der Waals surface area contributed by atoms with Crippen molar-refractivity contribution in [3.8, 4) is 11.4 Å². The first kappa shape index (κ1) is 20.4. The highest BCUT2D eigenvalue weighted by molar-refractivity contribution is 5.93. The fourth-order valence-electron chi connectivity index (χ4n) is 2.74. The standard InChI is InChI=1S/C22H26N6O/c1-28(2)14-8-13-24-22(29)19-15-20(25-16-18-11-6-7-12-23-18)27-21(26-19)17-9-4-3-5-10-17/h3-7,9-12,15H,8,13-14,16H2,1-2H3,(H,24,29)(H,25,26,27). The third-order valence-corrected chi connectivity index (χ3v) is 4.24. The second-order valence-corrected chi connectivity index (χ2v) is 6.92. The van der Waals surface area contributed by atoms with Gasteiger partial charge in [-0.1, -0.05) is 36.4 Å². The normalized spacial score (nSPS) is 10.7. The molecule has 0 atom stereocenters. The monoisotopic (exact) mass is 390 g/mol. The van der Waals surface area contributed by atoms with E-state index in [4.69, 9.17) is 0 Å². The predicted octanol–water partition coefficient (Wildman–Crippen LogP) is 2.83. The predicted molar refractivity (Wildman–Crippen MR) is 115 cm³/mol. The summed E-state index contributed by atoms with van der Waals surface area (Å²) in [7, 11) is 4.02. The maximum atomic E-state index is 12.6. The smallest absolute Gasteiger partial charge is 0.270 e. The molecule has 0 saturated carbocycles. The number of amides is 1. The van der Waals surface area contributed by atoms with Crippen molar-refractivity contribution >= 4 is 11.7 Å². The molecule has 0 bridgehead atoms. The minimum Gasteiger partial charge on any atom is -0.364 e. The molecule has 0 unspecified atom stereocenters. The van der Waals surface area contributed by atoms with E-state index in [2.05, 4.69) is 30.5 Å². The van der Waals surface area contributed by atoms with Gasteiger partial charge in [0.05, 0.1) is 12.2 Å². The first-order chi connectivity index (χ1) is 14.1. The van der Waals surface area contributed by atoms with Gasteiger partial charge in [0, 0.05) is 24.4 Å². The van der Waals surface area contributed by atoms with Crippen molar-refractivity contribution in [2.75, 3.05) is 32.5 Å². The molecule has 7 nitrogen and oxygen atoms in total.